The van der Waals surface area contributed by atoms with Gasteiger partial charge in [-0.2, -0.15) is 0 Å². The zero-order valence-corrected chi connectivity index (χ0v) is 27.5. The highest BCUT2D eigenvalue weighted by molar-refractivity contribution is 4.97. The Morgan fingerprint density at radius 2 is 0.590 bits per heavy atom. The Hall–Kier alpha value is -0.660. The molecular weight excluding hydrogens is 472 g/mol. The third-order valence-electron chi connectivity index (χ3n) is 9.07. The van der Waals surface area contributed by atoms with Crippen LogP contribution in [0.15, 0.2) is 12.4 Å². The first-order valence-electron chi connectivity index (χ1n) is 18.5. The van der Waals surface area contributed by atoms with Gasteiger partial charge in [0.2, 0.25) is 0 Å². The van der Waals surface area contributed by atoms with Gasteiger partial charge in [-0.15, -0.1) is 0 Å². The van der Waals surface area contributed by atoms with Crippen molar-refractivity contribution in [1.29, 1.82) is 0 Å². The molecule has 232 valence electrons. The van der Waals surface area contributed by atoms with Crippen LogP contribution in [0, 0.1) is 0 Å². The first-order chi connectivity index (χ1) is 19.3. The van der Waals surface area contributed by atoms with E-state index in [1.165, 1.54) is 199 Å². The van der Waals surface area contributed by atoms with E-state index < -0.39 is 0 Å². The van der Waals surface area contributed by atoms with Crippen molar-refractivity contribution in [1.82, 2.24) is 9.80 Å². The van der Waals surface area contributed by atoms with Crippen LogP contribution in [0.5, 0.6) is 0 Å². The first-order valence-corrected chi connectivity index (χ1v) is 18.5. The van der Waals surface area contributed by atoms with Crippen molar-refractivity contribution in [3.8, 4) is 0 Å². The molecule has 0 saturated heterocycles. The fraction of sp³-hybridized carbons (Fsp3) is 0.946. The largest absolute Gasteiger partial charge is 0.356 e. The van der Waals surface area contributed by atoms with Gasteiger partial charge in [0, 0.05) is 25.5 Å². The summed E-state index contributed by atoms with van der Waals surface area (Å²) in [5.41, 5.74) is 0. The van der Waals surface area contributed by atoms with Crippen LogP contribution in [-0.2, 0) is 0 Å². The number of unbranched alkanes of at least 4 members (excludes halogenated alkanes) is 25. The monoisotopic (exact) mass is 547 g/mol. The van der Waals surface area contributed by atoms with Gasteiger partial charge < -0.3 is 9.80 Å². The van der Waals surface area contributed by atoms with E-state index in [-0.39, 0.29) is 0 Å². The Labute approximate surface area is 248 Å². The van der Waals surface area contributed by atoms with Crippen molar-refractivity contribution in [2.45, 2.75) is 213 Å². The maximum atomic E-state index is 2.70. The van der Waals surface area contributed by atoms with Crippen molar-refractivity contribution < 1.29 is 0 Å². The summed E-state index contributed by atoms with van der Waals surface area (Å²) in [6.07, 6.45) is 47.0. The Morgan fingerprint density at radius 3 is 0.897 bits per heavy atom. The molecular formula is C37H74N2. The van der Waals surface area contributed by atoms with Crippen LogP contribution >= 0.6 is 0 Å². The molecule has 1 heterocycles. The summed E-state index contributed by atoms with van der Waals surface area (Å²) < 4.78 is 0. The topological polar surface area (TPSA) is 6.48 Å². The molecule has 0 saturated carbocycles. The van der Waals surface area contributed by atoms with E-state index >= 15 is 0 Å². The van der Waals surface area contributed by atoms with Crippen molar-refractivity contribution in [3.63, 3.8) is 0 Å². The maximum Gasteiger partial charge on any atom is 0.101 e. The lowest BCUT2D eigenvalue weighted by atomic mass is 10.0. The summed E-state index contributed by atoms with van der Waals surface area (Å²) in [6, 6.07) is 0. The van der Waals surface area contributed by atoms with Crippen LogP contribution in [0.4, 0.5) is 0 Å². The molecule has 2 heteroatoms. The molecule has 1 aliphatic heterocycles. The number of hydrogen-bond acceptors (Lipinski definition) is 2. The SMILES string of the molecule is CCCCCCCCCCCCCCCCCN1C=CN(CCCCCCCCC)C1CCCCCCCC. The molecule has 0 radical (unpaired) electrons. The average molecular weight is 547 g/mol. The van der Waals surface area contributed by atoms with Crippen LogP contribution in [-0.4, -0.2) is 29.1 Å². The van der Waals surface area contributed by atoms with Gasteiger partial charge >= 0.3 is 0 Å². The van der Waals surface area contributed by atoms with Gasteiger partial charge in [-0.25, -0.2) is 0 Å². The van der Waals surface area contributed by atoms with Crippen molar-refractivity contribution >= 4 is 0 Å². The molecule has 0 fully saturated rings. The molecule has 39 heavy (non-hydrogen) atoms. The van der Waals surface area contributed by atoms with Crippen LogP contribution in [0.3, 0.4) is 0 Å². The molecule has 1 rings (SSSR count). The van der Waals surface area contributed by atoms with E-state index in [1.54, 1.807) is 0 Å². The molecule has 1 atom stereocenters. The smallest absolute Gasteiger partial charge is 0.101 e. The van der Waals surface area contributed by atoms with E-state index in [0.717, 1.165) is 0 Å². The normalized spacial score (nSPS) is 15.2. The highest BCUT2D eigenvalue weighted by atomic mass is 15.4. The van der Waals surface area contributed by atoms with Crippen LogP contribution in [0.1, 0.15) is 207 Å². The lowest BCUT2D eigenvalue weighted by Gasteiger charge is -2.33. The Balaban J connectivity index is 2.13. The van der Waals surface area contributed by atoms with Crippen LogP contribution < -0.4 is 0 Å². The predicted molar refractivity (Wildman–Crippen MR) is 177 cm³/mol. The van der Waals surface area contributed by atoms with E-state index in [1.807, 2.05) is 0 Å². The number of rotatable bonds is 31. The van der Waals surface area contributed by atoms with Crippen LogP contribution in [0.2, 0.25) is 0 Å². The van der Waals surface area contributed by atoms with Gasteiger partial charge in [-0.05, 0) is 25.7 Å². The lowest BCUT2D eigenvalue weighted by molar-refractivity contribution is 0.135. The van der Waals surface area contributed by atoms with E-state index in [9.17, 15) is 0 Å². The molecule has 0 amide bonds. The highest BCUT2D eigenvalue weighted by Gasteiger charge is 2.24. The quantitative estimate of drug-likeness (QED) is 0.0798. The molecule has 0 aromatic heterocycles. The Bertz CT molecular complexity index is 502. The van der Waals surface area contributed by atoms with Gasteiger partial charge in [0.05, 0.1) is 0 Å². The third kappa shape index (κ3) is 21.7. The van der Waals surface area contributed by atoms with Gasteiger partial charge in [-0.3, -0.25) is 0 Å². The Kier molecular flexibility index (Phi) is 26.9. The summed E-state index contributed by atoms with van der Waals surface area (Å²) in [5.74, 6) is 0. The molecule has 0 spiro atoms. The zero-order chi connectivity index (χ0) is 28.1. The van der Waals surface area contributed by atoms with Gasteiger partial charge in [0.15, 0.2) is 0 Å². The molecule has 2 nitrogen and oxygen atoms in total. The lowest BCUT2D eigenvalue weighted by Crippen LogP contribution is -2.39. The fourth-order valence-corrected chi connectivity index (χ4v) is 6.36. The molecule has 1 aliphatic rings. The van der Waals surface area contributed by atoms with Crippen LogP contribution in [0.25, 0.3) is 0 Å². The van der Waals surface area contributed by atoms with Gasteiger partial charge in [0.1, 0.15) is 6.17 Å². The highest BCUT2D eigenvalue weighted by Crippen LogP contribution is 2.24. The Morgan fingerprint density at radius 1 is 0.333 bits per heavy atom. The zero-order valence-electron chi connectivity index (χ0n) is 27.5. The first kappa shape index (κ1) is 36.4. The van der Waals surface area contributed by atoms with E-state index in [4.69, 9.17) is 0 Å². The van der Waals surface area contributed by atoms with E-state index in [0.29, 0.717) is 6.17 Å². The molecule has 1 unspecified atom stereocenters. The maximum absolute atomic E-state index is 2.70. The third-order valence-corrected chi connectivity index (χ3v) is 9.07. The second kappa shape index (κ2) is 28.9. The van der Waals surface area contributed by atoms with Crippen molar-refractivity contribution in [2.75, 3.05) is 13.1 Å². The average Bonchev–Trinajstić information content (AvgIpc) is 3.33. The number of hydrogen-bond donors (Lipinski definition) is 0. The van der Waals surface area contributed by atoms with Gasteiger partial charge in [0.25, 0.3) is 0 Å². The van der Waals surface area contributed by atoms with Crippen molar-refractivity contribution in [3.05, 3.63) is 12.4 Å². The predicted octanol–water partition coefficient (Wildman–Crippen LogP) is 12.8. The van der Waals surface area contributed by atoms with Crippen molar-refractivity contribution in [2.24, 2.45) is 0 Å². The molecule has 0 aromatic rings. The molecule has 0 N–H and O–H groups in total. The summed E-state index contributed by atoms with van der Waals surface area (Å²) in [5, 5.41) is 0. The number of nitrogens with zero attached hydrogens (tertiary/aromatic N) is 2. The minimum absolute atomic E-state index is 0.642. The summed E-state index contributed by atoms with van der Waals surface area (Å²) in [4.78, 5) is 5.40. The summed E-state index contributed by atoms with van der Waals surface area (Å²) in [7, 11) is 0. The molecule has 0 aromatic carbocycles. The minimum Gasteiger partial charge on any atom is -0.356 e. The fourth-order valence-electron chi connectivity index (χ4n) is 6.36. The summed E-state index contributed by atoms with van der Waals surface area (Å²) in [6.45, 7) is 9.48. The minimum atomic E-state index is 0.642. The molecule has 0 aliphatic carbocycles. The second-order valence-electron chi connectivity index (χ2n) is 12.9. The van der Waals surface area contributed by atoms with E-state index in [2.05, 4.69) is 43.0 Å². The standard InChI is InChI=1S/C37H74N2/c1-4-7-10-13-16-17-18-19-20-21-22-23-25-28-31-34-39-36-35-38(33-30-27-24-14-11-8-5-2)37(39)32-29-26-15-12-9-6-3/h35-37H,4-34H2,1-3H3. The van der Waals surface area contributed by atoms with Gasteiger partial charge in [-0.1, -0.05) is 181 Å². The summed E-state index contributed by atoms with van der Waals surface area (Å²) >= 11 is 0. The molecule has 0 bridgehead atoms. The second-order valence-corrected chi connectivity index (χ2v) is 12.9.